The monoisotopic (exact) mass is 387 g/mol. The van der Waals surface area contributed by atoms with E-state index in [1.54, 1.807) is 0 Å². The number of halogens is 1. The molecule has 1 saturated carbocycles. The standard InChI is InChI=1S/C17H26INO/c1-19-16(12-13-8-10-15(18)11-9-13)17(20-2)14-6-4-3-5-7-14/h8-11,14,16-17,19H,3-7,12H2,1-2H3. The highest BCUT2D eigenvalue weighted by Gasteiger charge is 2.29. The van der Waals surface area contributed by atoms with E-state index in [4.69, 9.17) is 4.74 Å². The fraction of sp³-hybridized carbons (Fsp3) is 0.647. The molecule has 0 bridgehead atoms. The average Bonchev–Trinajstić information content (AvgIpc) is 2.50. The Bertz CT molecular complexity index is 386. The van der Waals surface area contributed by atoms with Crippen LogP contribution < -0.4 is 5.32 Å². The lowest BCUT2D eigenvalue weighted by Crippen LogP contribution is -2.45. The van der Waals surface area contributed by atoms with E-state index < -0.39 is 0 Å². The van der Waals surface area contributed by atoms with Crippen molar-refractivity contribution in [2.45, 2.75) is 50.7 Å². The first-order valence-electron chi connectivity index (χ1n) is 7.69. The van der Waals surface area contributed by atoms with Gasteiger partial charge in [0.15, 0.2) is 0 Å². The molecule has 1 aromatic rings. The summed E-state index contributed by atoms with van der Waals surface area (Å²) in [6.45, 7) is 0. The highest BCUT2D eigenvalue weighted by molar-refractivity contribution is 14.1. The average molecular weight is 387 g/mol. The molecule has 2 atom stereocenters. The molecule has 1 aliphatic rings. The van der Waals surface area contributed by atoms with Gasteiger partial charge in [0.2, 0.25) is 0 Å². The summed E-state index contributed by atoms with van der Waals surface area (Å²) in [6.07, 6.45) is 8.15. The topological polar surface area (TPSA) is 21.3 Å². The molecule has 0 aromatic heterocycles. The Balaban J connectivity index is 2.02. The highest BCUT2D eigenvalue weighted by atomic mass is 127. The summed E-state index contributed by atoms with van der Waals surface area (Å²) >= 11 is 2.36. The van der Waals surface area contributed by atoms with Crippen molar-refractivity contribution in [3.63, 3.8) is 0 Å². The number of ether oxygens (including phenoxy) is 1. The number of hydrogen-bond donors (Lipinski definition) is 1. The number of rotatable bonds is 6. The van der Waals surface area contributed by atoms with Gasteiger partial charge in [0.25, 0.3) is 0 Å². The van der Waals surface area contributed by atoms with Gasteiger partial charge in [-0.25, -0.2) is 0 Å². The minimum atomic E-state index is 0.333. The van der Waals surface area contributed by atoms with E-state index in [0.717, 1.165) is 12.3 Å². The molecule has 0 heterocycles. The van der Waals surface area contributed by atoms with Gasteiger partial charge in [0.05, 0.1) is 6.10 Å². The molecule has 1 aliphatic carbocycles. The molecule has 2 unspecified atom stereocenters. The predicted molar refractivity (Wildman–Crippen MR) is 93.1 cm³/mol. The molecule has 0 aliphatic heterocycles. The Morgan fingerprint density at radius 2 is 1.85 bits per heavy atom. The van der Waals surface area contributed by atoms with Crippen LogP contribution in [0.25, 0.3) is 0 Å². The van der Waals surface area contributed by atoms with Gasteiger partial charge in [-0.15, -0.1) is 0 Å². The van der Waals surface area contributed by atoms with Crippen LogP contribution in [0, 0.1) is 9.49 Å². The minimum Gasteiger partial charge on any atom is -0.380 e. The van der Waals surface area contributed by atoms with Gasteiger partial charge >= 0.3 is 0 Å². The van der Waals surface area contributed by atoms with Crippen molar-refractivity contribution >= 4 is 22.6 Å². The Hall–Kier alpha value is -0.130. The van der Waals surface area contributed by atoms with E-state index in [1.165, 1.54) is 41.2 Å². The van der Waals surface area contributed by atoms with E-state index in [2.05, 4.69) is 59.2 Å². The second-order valence-electron chi connectivity index (χ2n) is 5.82. The fourth-order valence-corrected chi connectivity index (χ4v) is 3.76. The SMILES string of the molecule is CNC(Cc1ccc(I)cc1)C(OC)C1CCCCC1. The largest absolute Gasteiger partial charge is 0.380 e. The molecule has 20 heavy (non-hydrogen) atoms. The van der Waals surface area contributed by atoms with Crippen molar-refractivity contribution in [3.05, 3.63) is 33.4 Å². The van der Waals surface area contributed by atoms with Crippen LogP contribution in [0.15, 0.2) is 24.3 Å². The van der Waals surface area contributed by atoms with Crippen molar-refractivity contribution in [2.24, 2.45) is 5.92 Å². The van der Waals surface area contributed by atoms with Crippen molar-refractivity contribution < 1.29 is 4.74 Å². The third-order valence-electron chi connectivity index (χ3n) is 4.52. The summed E-state index contributed by atoms with van der Waals surface area (Å²) < 4.78 is 7.17. The van der Waals surface area contributed by atoms with Crippen LogP contribution in [0.2, 0.25) is 0 Å². The number of likely N-dealkylation sites (N-methyl/N-ethyl adjacent to an activating group) is 1. The molecule has 2 nitrogen and oxygen atoms in total. The van der Waals surface area contributed by atoms with Crippen molar-refractivity contribution in [1.29, 1.82) is 0 Å². The summed E-state index contributed by atoms with van der Waals surface area (Å²) in [5.41, 5.74) is 1.39. The summed E-state index contributed by atoms with van der Waals surface area (Å²) in [4.78, 5) is 0. The zero-order valence-electron chi connectivity index (χ0n) is 12.6. The number of methoxy groups -OCH3 is 1. The summed E-state index contributed by atoms with van der Waals surface area (Å²) in [6, 6.07) is 9.25. The molecule has 0 spiro atoms. The van der Waals surface area contributed by atoms with Gasteiger partial charge in [0, 0.05) is 16.7 Å². The quantitative estimate of drug-likeness (QED) is 0.745. The smallest absolute Gasteiger partial charge is 0.0755 e. The second kappa shape index (κ2) is 8.35. The zero-order valence-corrected chi connectivity index (χ0v) is 14.7. The lowest BCUT2D eigenvalue weighted by molar-refractivity contribution is 0.0101. The number of benzene rings is 1. The molecular formula is C17H26INO. The first kappa shape index (κ1) is 16.2. The third kappa shape index (κ3) is 4.43. The molecule has 0 saturated heterocycles. The molecule has 112 valence electrons. The van der Waals surface area contributed by atoms with Crippen LogP contribution in [0.3, 0.4) is 0 Å². The lowest BCUT2D eigenvalue weighted by atomic mass is 9.81. The van der Waals surface area contributed by atoms with Gasteiger partial charge in [0.1, 0.15) is 0 Å². The van der Waals surface area contributed by atoms with Gasteiger partial charge in [-0.3, -0.25) is 0 Å². The Labute approximate surface area is 136 Å². The number of hydrogen-bond acceptors (Lipinski definition) is 2. The molecular weight excluding hydrogens is 361 g/mol. The molecule has 3 heteroatoms. The van der Waals surface area contributed by atoms with Crippen LogP contribution in [-0.2, 0) is 11.2 Å². The van der Waals surface area contributed by atoms with Crippen molar-refractivity contribution in [3.8, 4) is 0 Å². The Kier molecular flexibility index (Phi) is 6.78. The van der Waals surface area contributed by atoms with Gasteiger partial charge in [-0.2, -0.15) is 0 Å². The summed E-state index contributed by atoms with van der Waals surface area (Å²) in [5, 5.41) is 3.49. The van der Waals surface area contributed by atoms with Crippen LogP contribution >= 0.6 is 22.6 Å². The lowest BCUT2D eigenvalue weighted by Gasteiger charge is -2.35. The van der Waals surface area contributed by atoms with Crippen molar-refractivity contribution in [2.75, 3.05) is 14.2 Å². The first-order valence-corrected chi connectivity index (χ1v) is 8.77. The maximum absolute atomic E-state index is 5.87. The molecule has 0 amide bonds. The molecule has 1 N–H and O–H groups in total. The number of nitrogens with one attached hydrogen (secondary N) is 1. The van der Waals surface area contributed by atoms with Crippen LogP contribution in [0.1, 0.15) is 37.7 Å². The Morgan fingerprint density at radius 1 is 1.20 bits per heavy atom. The fourth-order valence-electron chi connectivity index (χ4n) is 3.40. The van der Waals surface area contributed by atoms with Crippen LogP contribution in [0.4, 0.5) is 0 Å². The van der Waals surface area contributed by atoms with E-state index in [0.29, 0.717) is 12.1 Å². The molecule has 1 fully saturated rings. The minimum absolute atomic E-state index is 0.333. The zero-order chi connectivity index (χ0) is 14.4. The van der Waals surface area contributed by atoms with Gasteiger partial charge < -0.3 is 10.1 Å². The molecule has 1 aromatic carbocycles. The summed E-state index contributed by atoms with van der Waals surface area (Å²) in [5.74, 6) is 0.718. The van der Waals surface area contributed by atoms with Gasteiger partial charge in [-0.1, -0.05) is 31.4 Å². The van der Waals surface area contributed by atoms with E-state index in [1.807, 2.05) is 7.11 Å². The maximum atomic E-state index is 5.87. The second-order valence-corrected chi connectivity index (χ2v) is 7.07. The van der Waals surface area contributed by atoms with Gasteiger partial charge in [-0.05, 0) is 72.5 Å². The van der Waals surface area contributed by atoms with Crippen molar-refractivity contribution in [1.82, 2.24) is 5.32 Å². The van der Waals surface area contributed by atoms with E-state index in [-0.39, 0.29) is 0 Å². The Morgan fingerprint density at radius 3 is 2.40 bits per heavy atom. The maximum Gasteiger partial charge on any atom is 0.0755 e. The highest BCUT2D eigenvalue weighted by Crippen LogP contribution is 2.30. The van der Waals surface area contributed by atoms with Crippen LogP contribution in [0.5, 0.6) is 0 Å². The van der Waals surface area contributed by atoms with E-state index >= 15 is 0 Å². The first-order chi connectivity index (χ1) is 9.74. The van der Waals surface area contributed by atoms with Crippen LogP contribution in [-0.4, -0.2) is 26.3 Å². The third-order valence-corrected chi connectivity index (χ3v) is 5.24. The predicted octanol–water partition coefficient (Wildman–Crippen LogP) is 4.02. The normalized spacial score (nSPS) is 19.8. The van der Waals surface area contributed by atoms with E-state index in [9.17, 15) is 0 Å². The summed E-state index contributed by atoms with van der Waals surface area (Å²) in [7, 11) is 3.93. The molecule has 0 radical (unpaired) electrons. The molecule has 2 rings (SSSR count).